The van der Waals surface area contributed by atoms with Crippen LogP contribution in [0.5, 0.6) is 6.01 Å². The maximum atomic E-state index is 9.24. The summed E-state index contributed by atoms with van der Waals surface area (Å²) in [5.74, 6) is -0.968. The number of benzene rings is 1. The van der Waals surface area contributed by atoms with Gasteiger partial charge in [-0.2, -0.15) is 0 Å². The van der Waals surface area contributed by atoms with Crippen molar-refractivity contribution in [2.24, 2.45) is 5.73 Å². The average molecular weight is 288 g/mol. The zero-order chi connectivity index (χ0) is 15.5. The first-order valence-electron chi connectivity index (χ1n) is 6.03. The normalized spacial score (nSPS) is 9.00. The van der Waals surface area contributed by atoms with Crippen molar-refractivity contribution in [3.63, 3.8) is 0 Å². The number of nitrogens with zero attached hydrogens (tertiary/aromatic N) is 2. The number of pyridine rings is 1. The topological polar surface area (TPSA) is 125 Å². The molecule has 0 radical (unpaired) electrons. The minimum Gasteiger partial charge on any atom is -0.480 e. The molecule has 2 aromatic heterocycles. The Morgan fingerprint density at radius 1 is 1.14 bits per heavy atom. The molecule has 0 aliphatic heterocycles. The SMILES string of the molecule is NCC(=O)O.Oc1ncc[nH]1.c1ccc2ncccc2c1. The summed E-state index contributed by atoms with van der Waals surface area (Å²) in [6, 6.07) is 12.1. The van der Waals surface area contributed by atoms with Gasteiger partial charge in [-0.05, 0) is 12.1 Å². The highest BCUT2D eigenvalue weighted by Gasteiger charge is 1.86. The lowest BCUT2D eigenvalue weighted by atomic mass is 10.2. The second-order valence-electron chi connectivity index (χ2n) is 3.71. The molecule has 0 fully saturated rings. The van der Waals surface area contributed by atoms with Crippen LogP contribution in [-0.4, -0.2) is 37.7 Å². The van der Waals surface area contributed by atoms with Crippen molar-refractivity contribution in [1.82, 2.24) is 15.0 Å². The number of hydrogen-bond donors (Lipinski definition) is 4. The largest absolute Gasteiger partial charge is 0.480 e. The molecule has 0 aliphatic rings. The van der Waals surface area contributed by atoms with Crippen molar-refractivity contribution in [2.75, 3.05) is 6.54 Å². The third kappa shape index (κ3) is 6.69. The number of aromatic amines is 1. The molecule has 5 N–H and O–H groups in total. The summed E-state index contributed by atoms with van der Waals surface area (Å²) in [5, 5.41) is 17.1. The molecular weight excluding hydrogens is 272 g/mol. The Morgan fingerprint density at radius 3 is 2.29 bits per heavy atom. The molecule has 1 aromatic carbocycles. The zero-order valence-corrected chi connectivity index (χ0v) is 11.2. The van der Waals surface area contributed by atoms with Crippen LogP contribution in [0.15, 0.2) is 55.0 Å². The first-order valence-corrected chi connectivity index (χ1v) is 6.03. The van der Waals surface area contributed by atoms with Crippen LogP contribution in [0.2, 0.25) is 0 Å². The molecular formula is C14H16N4O3. The first kappa shape index (κ1) is 16.1. The molecule has 0 atom stereocenters. The van der Waals surface area contributed by atoms with E-state index < -0.39 is 5.97 Å². The molecule has 0 saturated heterocycles. The lowest BCUT2D eigenvalue weighted by Crippen LogP contribution is -2.10. The summed E-state index contributed by atoms with van der Waals surface area (Å²) in [6.45, 7) is -0.278. The van der Waals surface area contributed by atoms with Gasteiger partial charge in [-0.15, -0.1) is 0 Å². The molecule has 0 bridgehead atoms. The third-order valence-corrected chi connectivity index (χ3v) is 2.17. The predicted molar refractivity (Wildman–Crippen MR) is 78.7 cm³/mol. The molecule has 0 amide bonds. The number of para-hydroxylation sites is 1. The van der Waals surface area contributed by atoms with Gasteiger partial charge in [0.15, 0.2) is 0 Å². The minimum absolute atomic E-state index is 0.0324. The number of carboxylic acid groups (broad SMARTS) is 1. The van der Waals surface area contributed by atoms with Crippen molar-refractivity contribution in [1.29, 1.82) is 0 Å². The first-order chi connectivity index (χ1) is 10.1. The van der Waals surface area contributed by atoms with Gasteiger partial charge in [-0.3, -0.25) is 9.78 Å². The lowest BCUT2D eigenvalue weighted by molar-refractivity contribution is -0.135. The molecule has 3 aromatic rings. The number of aliphatic carboxylic acids is 1. The number of rotatable bonds is 1. The summed E-state index contributed by atoms with van der Waals surface area (Å²) in [4.78, 5) is 19.3. The number of aromatic hydroxyl groups is 1. The summed E-state index contributed by atoms with van der Waals surface area (Å²) >= 11 is 0. The number of carbonyl (C=O) groups is 1. The maximum absolute atomic E-state index is 9.24. The van der Waals surface area contributed by atoms with E-state index in [0.29, 0.717) is 0 Å². The average Bonchev–Trinajstić information content (AvgIpc) is 3.00. The highest BCUT2D eigenvalue weighted by atomic mass is 16.4. The fourth-order valence-corrected chi connectivity index (χ4v) is 1.27. The number of carboxylic acids is 1. The molecule has 0 aliphatic carbocycles. The fraction of sp³-hybridized carbons (Fsp3) is 0.0714. The van der Waals surface area contributed by atoms with Crippen LogP contribution in [0.4, 0.5) is 0 Å². The Labute approximate surface area is 121 Å². The van der Waals surface area contributed by atoms with E-state index in [1.165, 1.54) is 11.6 Å². The smallest absolute Gasteiger partial charge is 0.317 e. The van der Waals surface area contributed by atoms with Gasteiger partial charge in [-0.1, -0.05) is 24.3 Å². The Kier molecular flexibility index (Phi) is 6.95. The molecule has 0 spiro atoms. The Bertz CT molecular complexity index is 591. The Hall–Kier alpha value is -2.93. The summed E-state index contributed by atoms with van der Waals surface area (Å²) < 4.78 is 0. The zero-order valence-electron chi connectivity index (χ0n) is 11.2. The quantitative estimate of drug-likeness (QED) is 0.536. The van der Waals surface area contributed by atoms with Gasteiger partial charge in [-0.25, -0.2) is 4.98 Å². The van der Waals surface area contributed by atoms with Crippen molar-refractivity contribution in [3.8, 4) is 6.01 Å². The van der Waals surface area contributed by atoms with Crippen LogP contribution in [-0.2, 0) is 4.79 Å². The van der Waals surface area contributed by atoms with Crippen molar-refractivity contribution < 1.29 is 15.0 Å². The number of nitrogens with two attached hydrogens (primary N) is 1. The Balaban J connectivity index is 0.000000173. The number of H-pyrrole nitrogens is 1. The fourth-order valence-electron chi connectivity index (χ4n) is 1.27. The van der Waals surface area contributed by atoms with Gasteiger partial charge < -0.3 is 20.9 Å². The van der Waals surface area contributed by atoms with Crippen LogP contribution >= 0.6 is 0 Å². The van der Waals surface area contributed by atoms with Crippen LogP contribution in [0, 0.1) is 0 Å². The molecule has 7 nitrogen and oxygen atoms in total. The van der Waals surface area contributed by atoms with E-state index in [0.717, 1.165) is 5.52 Å². The second-order valence-corrected chi connectivity index (χ2v) is 3.71. The van der Waals surface area contributed by atoms with Crippen molar-refractivity contribution in [2.45, 2.75) is 0 Å². The number of nitrogens with one attached hydrogen (secondary N) is 1. The highest BCUT2D eigenvalue weighted by molar-refractivity contribution is 5.77. The molecule has 0 unspecified atom stereocenters. The number of hydrogen-bond acceptors (Lipinski definition) is 5. The molecule has 21 heavy (non-hydrogen) atoms. The highest BCUT2D eigenvalue weighted by Crippen LogP contribution is 2.07. The van der Waals surface area contributed by atoms with E-state index in [2.05, 4.69) is 32.8 Å². The number of imidazole rings is 1. The summed E-state index contributed by atoms with van der Waals surface area (Å²) in [6.07, 6.45) is 4.84. The maximum Gasteiger partial charge on any atom is 0.317 e. The van der Waals surface area contributed by atoms with E-state index in [1.807, 2.05) is 30.5 Å². The van der Waals surface area contributed by atoms with E-state index in [1.54, 1.807) is 6.20 Å². The van der Waals surface area contributed by atoms with Gasteiger partial charge in [0.05, 0.1) is 12.1 Å². The van der Waals surface area contributed by atoms with Gasteiger partial charge in [0.25, 0.3) is 6.01 Å². The van der Waals surface area contributed by atoms with E-state index in [4.69, 9.17) is 10.2 Å². The van der Waals surface area contributed by atoms with Crippen LogP contribution in [0.3, 0.4) is 0 Å². The standard InChI is InChI=1S/C9H7N.C3H4N2O.C2H5NO2/c1-2-6-9-8(4-1)5-3-7-10-9;6-3-4-1-2-5-3;3-1-2(4)5/h1-7H;1-2H,(H2,4,5,6);1,3H2,(H,4,5). The molecule has 2 heterocycles. The third-order valence-electron chi connectivity index (χ3n) is 2.17. The molecule has 0 saturated carbocycles. The van der Waals surface area contributed by atoms with E-state index >= 15 is 0 Å². The summed E-state index contributed by atoms with van der Waals surface area (Å²) in [7, 11) is 0. The lowest BCUT2D eigenvalue weighted by Gasteiger charge is -1.91. The van der Waals surface area contributed by atoms with Gasteiger partial charge in [0.1, 0.15) is 0 Å². The van der Waals surface area contributed by atoms with Crippen LogP contribution in [0.25, 0.3) is 10.9 Å². The molecule has 110 valence electrons. The Morgan fingerprint density at radius 2 is 1.81 bits per heavy atom. The van der Waals surface area contributed by atoms with Crippen LogP contribution in [0.1, 0.15) is 0 Å². The van der Waals surface area contributed by atoms with Gasteiger partial charge in [0.2, 0.25) is 0 Å². The minimum atomic E-state index is -0.968. The van der Waals surface area contributed by atoms with Crippen LogP contribution < -0.4 is 5.73 Å². The number of fused-ring (bicyclic) bond motifs is 1. The molecule has 7 heteroatoms. The second kappa shape index (κ2) is 9.05. The van der Waals surface area contributed by atoms with E-state index in [-0.39, 0.29) is 12.6 Å². The number of aromatic nitrogens is 3. The predicted octanol–water partition coefficient (Wildman–Crippen LogP) is 1.38. The van der Waals surface area contributed by atoms with Gasteiger partial charge in [0, 0.05) is 24.0 Å². The van der Waals surface area contributed by atoms with Crippen molar-refractivity contribution >= 4 is 16.9 Å². The van der Waals surface area contributed by atoms with E-state index in [9.17, 15) is 4.79 Å². The molecule has 3 rings (SSSR count). The van der Waals surface area contributed by atoms with Gasteiger partial charge >= 0.3 is 5.97 Å². The summed E-state index contributed by atoms with van der Waals surface area (Å²) in [5.41, 5.74) is 5.63. The van der Waals surface area contributed by atoms with Crippen molar-refractivity contribution in [3.05, 3.63) is 55.0 Å². The monoisotopic (exact) mass is 288 g/mol.